The molecule has 3 heterocycles. The van der Waals surface area contributed by atoms with Gasteiger partial charge in [0.1, 0.15) is 11.6 Å². The minimum absolute atomic E-state index is 0.00576. The van der Waals surface area contributed by atoms with Gasteiger partial charge in [0.15, 0.2) is 5.84 Å². The number of benzene rings is 1. The number of aromatic nitrogens is 2. The van der Waals surface area contributed by atoms with Gasteiger partial charge in [0.2, 0.25) is 5.91 Å². The van der Waals surface area contributed by atoms with Crippen LogP contribution in [0.15, 0.2) is 41.1 Å². The number of carbonyl (C=O) groups excluding carboxylic acids is 1. The fourth-order valence-corrected chi connectivity index (χ4v) is 4.49. The van der Waals surface area contributed by atoms with Gasteiger partial charge in [0.05, 0.1) is 24.3 Å². The van der Waals surface area contributed by atoms with Crippen LogP contribution in [0.2, 0.25) is 0 Å². The molecule has 1 saturated heterocycles. The quantitative estimate of drug-likeness (QED) is 0.712. The van der Waals surface area contributed by atoms with E-state index in [1.54, 1.807) is 36.7 Å². The van der Waals surface area contributed by atoms with Crippen molar-refractivity contribution in [3.63, 3.8) is 0 Å². The summed E-state index contributed by atoms with van der Waals surface area (Å²) in [7, 11) is -3.84. The number of likely N-dealkylation sites (tertiary alicyclic amines) is 1. The van der Waals surface area contributed by atoms with E-state index >= 15 is 0 Å². The lowest BCUT2D eigenvalue weighted by Gasteiger charge is -2.33. The first kappa shape index (κ1) is 20.1. The molecule has 4 rings (SSSR count). The van der Waals surface area contributed by atoms with Crippen LogP contribution >= 0.6 is 0 Å². The number of nitrogens with one attached hydrogen (secondary N) is 1. The van der Waals surface area contributed by atoms with Crippen LogP contribution in [0.3, 0.4) is 0 Å². The lowest BCUT2D eigenvalue weighted by atomic mass is 9.98. The molecule has 1 atom stereocenters. The van der Waals surface area contributed by atoms with Gasteiger partial charge in [-0.15, -0.1) is 4.40 Å². The molecule has 1 aromatic carbocycles. The first-order valence-electron chi connectivity index (χ1n) is 9.59. The Labute approximate surface area is 174 Å². The number of fused-ring (bicyclic) bond motifs is 1. The van der Waals surface area contributed by atoms with Crippen LogP contribution in [0.1, 0.15) is 24.2 Å². The second-order valence-electron chi connectivity index (χ2n) is 7.23. The van der Waals surface area contributed by atoms with Crippen LogP contribution in [0.4, 0.5) is 5.69 Å². The Morgan fingerprint density at radius 1 is 1.27 bits per heavy atom. The Morgan fingerprint density at radius 3 is 2.87 bits per heavy atom. The summed E-state index contributed by atoms with van der Waals surface area (Å²) in [6, 6.07) is 6.73. The van der Waals surface area contributed by atoms with Crippen molar-refractivity contribution in [1.29, 1.82) is 0 Å². The van der Waals surface area contributed by atoms with Crippen LogP contribution in [-0.4, -0.2) is 54.7 Å². The van der Waals surface area contributed by atoms with Crippen LogP contribution in [0.5, 0.6) is 5.75 Å². The van der Waals surface area contributed by atoms with Crippen molar-refractivity contribution in [3.8, 4) is 5.75 Å². The van der Waals surface area contributed by atoms with Crippen molar-refractivity contribution in [2.75, 3.05) is 24.4 Å². The van der Waals surface area contributed by atoms with Gasteiger partial charge in [0, 0.05) is 31.4 Å². The number of rotatable bonds is 5. The van der Waals surface area contributed by atoms with E-state index in [1.165, 1.54) is 0 Å². The standard InChI is InChI=1S/C19H22N6O4S/c20-19-18-14(23-30(27,28)24-19)5-1-6-15(18)29-12-13-4-2-9-25(11-13)17(26)10-16-21-7-3-8-22-16/h1,3,5-8,13,23H,2,4,9-12H2,(H2,20,24). The van der Waals surface area contributed by atoms with E-state index in [0.717, 1.165) is 12.8 Å². The van der Waals surface area contributed by atoms with Crippen molar-refractivity contribution in [3.05, 3.63) is 48.0 Å². The highest BCUT2D eigenvalue weighted by Gasteiger charge is 2.27. The molecule has 2 aliphatic rings. The monoisotopic (exact) mass is 430 g/mol. The zero-order chi connectivity index (χ0) is 21.1. The number of amides is 1. The zero-order valence-corrected chi connectivity index (χ0v) is 17.0. The lowest BCUT2D eigenvalue weighted by molar-refractivity contribution is -0.132. The zero-order valence-electron chi connectivity index (χ0n) is 16.2. The largest absolute Gasteiger partial charge is 0.492 e. The summed E-state index contributed by atoms with van der Waals surface area (Å²) >= 11 is 0. The minimum Gasteiger partial charge on any atom is -0.492 e. The van der Waals surface area contributed by atoms with Crippen molar-refractivity contribution in [2.45, 2.75) is 19.3 Å². The fourth-order valence-electron chi connectivity index (χ4n) is 3.64. The van der Waals surface area contributed by atoms with E-state index in [2.05, 4.69) is 19.1 Å². The maximum Gasteiger partial charge on any atom is 0.344 e. The smallest absolute Gasteiger partial charge is 0.344 e. The molecule has 2 aromatic rings. The first-order chi connectivity index (χ1) is 14.4. The molecule has 0 bridgehead atoms. The van der Waals surface area contributed by atoms with E-state index < -0.39 is 10.2 Å². The molecule has 1 unspecified atom stereocenters. The van der Waals surface area contributed by atoms with Gasteiger partial charge in [-0.05, 0) is 31.0 Å². The molecular weight excluding hydrogens is 408 g/mol. The number of hydrogen-bond donors (Lipinski definition) is 2. The summed E-state index contributed by atoms with van der Waals surface area (Å²) in [5, 5.41) is 0. The van der Waals surface area contributed by atoms with Gasteiger partial charge in [-0.3, -0.25) is 9.52 Å². The SMILES string of the molecule is NC1=NS(=O)(=O)Nc2cccc(OCC3CCCN(C(=O)Cc4ncccn4)C3)c21. The third-order valence-electron chi connectivity index (χ3n) is 5.01. The molecule has 0 saturated carbocycles. The van der Waals surface area contributed by atoms with Gasteiger partial charge in [-0.1, -0.05) is 6.07 Å². The van der Waals surface area contributed by atoms with Crippen LogP contribution in [0, 0.1) is 5.92 Å². The van der Waals surface area contributed by atoms with Crippen LogP contribution < -0.4 is 15.2 Å². The Hall–Kier alpha value is -3.21. The number of carbonyl (C=O) groups is 1. The molecule has 158 valence electrons. The topological polar surface area (TPSA) is 140 Å². The van der Waals surface area contributed by atoms with Gasteiger partial charge in [-0.25, -0.2) is 9.97 Å². The highest BCUT2D eigenvalue weighted by molar-refractivity contribution is 7.91. The molecule has 1 fully saturated rings. The van der Waals surface area contributed by atoms with Gasteiger partial charge >= 0.3 is 10.2 Å². The van der Waals surface area contributed by atoms with E-state index in [-0.39, 0.29) is 24.1 Å². The summed E-state index contributed by atoms with van der Waals surface area (Å²) in [6.45, 7) is 1.66. The molecule has 0 radical (unpaired) electrons. The fraction of sp³-hybridized carbons (Fsp3) is 0.368. The summed E-state index contributed by atoms with van der Waals surface area (Å²) in [5.74, 6) is 0.997. The predicted octanol–water partition coefficient (Wildman–Crippen LogP) is 0.712. The molecule has 30 heavy (non-hydrogen) atoms. The Kier molecular flexibility index (Phi) is 5.53. The maximum absolute atomic E-state index is 12.6. The maximum atomic E-state index is 12.6. The van der Waals surface area contributed by atoms with Gasteiger partial charge < -0.3 is 15.4 Å². The normalized spacial score (nSPS) is 19.9. The number of anilines is 1. The second-order valence-corrected chi connectivity index (χ2v) is 8.57. The van der Waals surface area contributed by atoms with E-state index in [0.29, 0.717) is 42.5 Å². The Bertz CT molecular complexity index is 1070. The number of nitrogens with zero attached hydrogens (tertiary/aromatic N) is 4. The average molecular weight is 430 g/mol. The molecule has 10 nitrogen and oxygen atoms in total. The molecule has 1 amide bonds. The average Bonchev–Trinajstić information content (AvgIpc) is 2.72. The van der Waals surface area contributed by atoms with Crippen molar-refractivity contribution in [1.82, 2.24) is 14.9 Å². The highest BCUT2D eigenvalue weighted by atomic mass is 32.2. The third-order valence-corrected chi connectivity index (χ3v) is 5.93. The summed E-state index contributed by atoms with van der Waals surface area (Å²) in [4.78, 5) is 22.6. The molecule has 11 heteroatoms. The van der Waals surface area contributed by atoms with Crippen LogP contribution in [-0.2, 0) is 21.4 Å². The third kappa shape index (κ3) is 4.51. The van der Waals surface area contributed by atoms with Crippen molar-refractivity contribution in [2.24, 2.45) is 16.0 Å². The van der Waals surface area contributed by atoms with E-state index in [1.807, 2.05) is 4.90 Å². The van der Waals surface area contributed by atoms with E-state index in [4.69, 9.17) is 10.5 Å². The van der Waals surface area contributed by atoms with Gasteiger partial charge in [-0.2, -0.15) is 8.42 Å². The van der Waals surface area contributed by atoms with Crippen molar-refractivity contribution >= 4 is 27.6 Å². The summed E-state index contributed by atoms with van der Waals surface area (Å²) < 4.78 is 35.2. The minimum atomic E-state index is -3.84. The van der Waals surface area contributed by atoms with E-state index in [9.17, 15) is 13.2 Å². The second kappa shape index (κ2) is 8.27. The first-order valence-corrected chi connectivity index (χ1v) is 11.0. The number of ether oxygens (including phenoxy) is 1. The van der Waals surface area contributed by atoms with Crippen LogP contribution in [0.25, 0.3) is 0 Å². The Balaban J connectivity index is 1.40. The molecule has 3 N–H and O–H groups in total. The molecule has 2 aliphatic heterocycles. The number of piperidine rings is 1. The van der Waals surface area contributed by atoms with Crippen molar-refractivity contribution < 1.29 is 17.9 Å². The highest BCUT2D eigenvalue weighted by Crippen LogP contribution is 2.31. The predicted molar refractivity (Wildman–Crippen MR) is 110 cm³/mol. The molecular formula is C19H22N6O4S. The number of amidine groups is 1. The summed E-state index contributed by atoms with van der Waals surface area (Å²) in [6.07, 6.45) is 5.23. The molecule has 1 aromatic heterocycles. The summed E-state index contributed by atoms with van der Waals surface area (Å²) in [5.41, 5.74) is 6.62. The molecule has 0 spiro atoms. The lowest BCUT2D eigenvalue weighted by Crippen LogP contribution is -2.42. The number of nitrogens with two attached hydrogens (primary N) is 1. The Morgan fingerprint density at radius 2 is 2.07 bits per heavy atom. The number of hydrogen-bond acceptors (Lipinski definition) is 7. The van der Waals surface area contributed by atoms with Gasteiger partial charge in [0.25, 0.3) is 0 Å². The molecule has 0 aliphatic carbocycles.